The SMILES string of the molecule is CCc1ccccc1CNC(=O)c1nc(C)oc1C. The van der Waals surface area contributed by atoms with Gasteiger partial charge in [-0.2, -0.15) is 0 Å². The molecule has 4 nitrogen and oxygen atoms in total. The summed E-state index contributed by atoms with van der Waals surface area (Å²) in [5.74, 6) is 0.871. The molecule has 0 aliphatic heterocycles. The molecule has 1 aromatic carbocycles. The van der Waals surface area contributed by atoms with Crippen molar-refractivity contribution >= 4 is 5.91 Å². The zero-order valence-electron chi connectivity index (χ0n) is 11.5. The van der Waals surface area contributed by atoms with E-state index in [1.165, 1.54) is 5.56 Å². The van der Waals surface area contributed by atoms with Gasteiger partial charge < -0.3 is 9.73 Å². The van der Waals surface area contributed by atoms with Crippen LogP contribution in [0.1, 0.15) is 40.2 Å². The normalized spacial score (nSPS) is 10.5. The van der Waals surface area contributed by atoms with Crippen LogP contribution in [0.2, 0.25) is 0 Å². The van der Waals surface area contributed by atoms with Gasteiger partial charge in [-0.3, -0.25) is 4.79 Å². The molecule has 19 heavy (non-hydrogen) atoms. The standard InChI is InChI=1S/C15H18N2O2/c1-4-12-7-5-6-8-13(12)9-16-15(18)14-10(2)19-11(3)17-14/h5-8H,4,9H2,1-3H3,(H,16,18). The molecule has 0 fully saturated rings. The number of hydrogen-bond acceptors (Lipinski definition) is 3. The van der Waals surface area contributed by atoms with Gasteiger partial charge in [0.25, 0.3) is 5.91 Å². The molecule has 1 heterocycles. The van der Waals surface area contributed by atoms with Gasteiger partial charge in [-0.15, -0.1) is 0 Å². The fourth-order valence-corrected chi connectivity index (χ4v) is 2.07. The highest BCUT2D eigenvalue weighted by molar-refractivity contribution is 5.93. The first-order chi connectivity index (χ1) is 9.11. The summed E-state index contributed by atoms with van der Waals surface area (Å²) in [6.07, 6.45) is 0.953. The number of nitrogens with one attached hydrogen (secondary N) is 1. The monoisotopic (exact) mass is 258 g/mol. The highest BCUT2D eigenvalue weighted by atomic mass is 16.4. The van der Waals surface area contributed by atoms with Crippen molar-refractivity contribution in [1.29, 1.82) is 0 Å². The second kappa shape index (κ2) is 5.69. The smallest absolute Gasteiger partial charge is 0.273 e. The molecule has 0 radical (unpaired) electrons. The van der Waals surface area contributed by atoms with Crippen LogP contribution in [0.4, 0.5) is 0 Å². The van der Waals surface area contributed by atoms with Gasteiger partial charge in [0.1, 0.15) is 5.76 Å². The van der Waals surface area contributed by atoms with E-state index in [4.69, 9.17) is 4.42 Å². The van der Waals surface area contributed by atoms with Crippen LogP contribution in [-0.2, 0) is 13.0 Å². The Bertz CT molecular complexity index is 588. The topological polar surface area (TPSA) is 55.1 Å². The summed E-state index contributed by atoms with van der Waals surface area (Å²) in [6.45, 7) is 6.09. The van der Waals surface area contributed by atoms with Crippen molar-refractivity contribution in [2.45, 2.75) is 33.7 Å². The van der Waals surface area contributed by atoms with Crippen LogP contribution in [0.15, 0.2) is 28.7 Å². The first-order valence-corrected chi connectivity index (χ1v) is 6.40. The van der Waals surface area contributed by atoms with Gasteiger partial charge in [0.2, 0.25) is 0 Å². The lowest BCUT2D eigenvalue weighted by Crippen LogP contribution is -2.24. The molecule has 2 rings (SSSR count). The van der Waals surface area contributed by atoms with Crippen molar-refractivity contribution in [3.63, 3.8) is 0 Å². The molecule has 4 heteroatoms. The summed E-state index contributed by atoms with van der Waals surface area (Å²) in [6, 6.07) is 8.09. The third-order valence-electron chi connectivity index (χ3n) is 3.06. The Morgan fingerprint density at radius 2 is 1.95 bits per heavy atom. The third-order valence-corrected chi connectivity index (χ3v) is 3.06. The van der Waals surface area contributed by atoms with E-state index in [0.29, 0.717) is 23.9 Å². The first kappa shape index (κ1) is 13.3. The largest absolute Gasteiger partial charge is 0.445 e. The minimum absolute atomic E-state index is 0.194. The Labute approximate surface area is 112 Å². The van der Waals surface area contributed by atoms with Crippen LogP contribution in [0.5, 0.6) is 0 Å². The maximum Gasteiger partial charge on any atom is 0.273 e. The summed E-state index contributed by atoms with van der Waals surface area (Å²) < 4.78 is 5.26. The number of hydrogen-bond donors (Lipinski definition) is 1. The van der Waals surface area contributed by atoms with Crippen LogP contribution >= 0.6 is 0 Å². The van der Waals surface area contributed by atoms with Crippen LogP contribution in [0.25, 0.3) is 0 Å². The Kier molecular flexibility index (Phi) is 4.00. The molecule has 100 valence electrons. The molecule has 1 aromatic heterocycles. The van der Waals surface area contributed by atoms with Gasteiger partial charge in [-0.05, 0) is 24.5 Å². The lowest BCUT2D eigenvalue weighted by Gasteiger charge is -2.08. The van der Waals surface area contributed by atoms with E-state index in [0.717, 1.165) is 12.0 Å². The second-order valence-corrected chi connectivity index (χ2v) is 4.44. The predicted octanol–water partition coefficient (Wildman–Crippen LogP) is 2.78. The number of carbonyl (C=O) groups excluding carboxylic acids is 1. The molecular formula is C15H18N2O2. The number of nitrogens with zero attached hydrogens (tertiary/aromatic N) is 1. The number of aromatic nitrogens is 1. The minimum atomic E-state index is -0.194. The van der Waals surface area contributed by atoms with Crippen LogP contribution in [0, 0.1) is 13.8 Å². The average Bonchev–Trinajstić information content (AvgIpc) is 2.75. The zero-order valence-corrected chi connectivity index (χ0v) is 11.5. The van der Waals surface area contributed by atoms with Crippen molar-refractivity contribution in [3.05, 3.63) is 52.7 Å². The van der Waals surface area contributed by atoms with Gasteiger partial charge >= 0.3 is 0 Å². The number of amides is 1. The molecule has 0 aliphatic rings. The van der Waals surface area contributed by atoms with Crippen LogP contribution in [-0.4, -0.2) is 10.9 Å². The predicted molar refractivity (Wildman–Crippen MR) is 73.0 cm³/mol. The van der Waals surface area contributed by atoms with Gasteiger partial charge in [0.05, 0.1) is 0 Å². The zero-order chi connectivity index (χ0) is 13.8. The van der Waals surface area contributed by atoms with Gasteiger partial charge in [-0.25, -0.2) is 4.98 Å². The van der Waals surface area contributed by atoms with Crippen LogP contribution in [0.3, 0.4) is 0 Å². The van der Waals surface area contributed by atoms with Crippen molar-refractivity contribution < 1.29 is 9.21 Å². The lowest BCUT2D eigenvalue weighted by atomic mass is 10.1. The number of benzene rings is 1. The van der Waals surface area contributed by atoms with Gasteiger partial charge in [0.15, 0.2) is 11.6 Å². The van der Waals surface area contributed by atoms with E-state index in [1.54, 1.807) is 13.8 Å². The third kappa shape index (κ3) is 3.02. The Hall–Kier alpha value is -2.10. The van der Waals surface area contributed by atoms with Crippen molar-refractivity contribution in [1.82, 2.24) is 10.3 Å². The number of rotatable bonds is 4. The quantitative estimate of drug-likeness (QED) is 0.917. The second-order valence-electron chi connectivity index (χ2n) is 4.44. The van der Waals surface area contributed by atoms with Gasteiger partial charge in [-0.1, -0.05) is 31.2 Å². The van der Waals surface area contributed by atoms with Crippen molar-refractivity contribution in [2.75, 3.05) is 0 Å². The summed E-state index contributed by atoms with van der Waals surface area (Å²) in [7, 11) is 0. The molecule has 1 N–H and O–H groups in total. The summed E-state index contributed by atoms with van der Waals surface area (Å²) in [5.41, 5.74) is 2.75. The maximum absolute atomic E-state index is 12.0. The summed E-state index contributed by atoms with van der Waals surface area (Å²) in [5, 5.41) is 2.88. The fraction of sp³-hybridized carbons (Fsp3) is 0.333. The fourth-order valence-electron chi connectivity index (χ4n) is 2.07. The molecule has 1 amide bonds. The molecule has 0 atom stereocenters. The molecule has 0 bridgehead atoms. The van der Waals surface area contributed by atoms with Crippen molar-refractivity contribution in [3.8, 4) is 0 Å². The molecule has 0 spiro atoms. The molecular weight excluding hydrogens is 240 g/mol. The van der Waals surface area contributed by atoms with E-state index in [2.05, 4.69) is 23.3 Å². The number of aryl methyl sites for hydroxylation is 3. The maximum atomic E-state index is 12.0. The molecule has 0 unspecified atom stereocenters. The van der Waals surface area contributed by atoms with Crippen molar-refractivity contribution in [2.24, 2.45) is 0 Å². The summed E-state index contributed by atoms with van der Waals surface area (Å²) >= 11 is 0. The lowest BCUT2D eigenvalue weighted by molar-refractivity contribution is 0.0945. The number of carbonyl (C=O) groups is 1. The Morgan fingerprint density at radius 1 is 1.26 bits per heavy atom. The van der Waals surface area contributed by atoms with E-state index in [1.807, 2.05) is 18.2 Å². The summed E-state index contributed by atoms with van der Waals surface area (Å²) in [4.78, 5) is 16.1. The van der Waals surface area contributed by atoms with Gasteiger partial charge in [0, 0.05) is 13.5 Å². The van der Waals surface area contributed by atoms with E-state index in [-0.39, 0.29) is 5.91 Å². The number of oxazole rings is 1. The Balaban J connectivity index is 2.06. The highest BCUT2D eigenvalue weighted by Gasteiger charge is 2.15. The average molecular weight is 258 g/mol. The van der Waals surface area contributed by atoms with E-state index >= 15 is 0 Å². The minimum Gasteiger partial charge on any atom is -0.445 e. The molecule has 0 saturated heterocycles. The Morgan fingerprint density at radius 3 is 2.53 bits per heavy atom. The van der Waals surface area contributed by atoms with E-state index in [9.17, 15) is 4.79 Å². The molecule has 0 aliphatic carbocycles. The molecule has 0 saturated carbocycles. The molecule has 2 aromatic rings. The first-order valence-electron chi connectivity index (χ1n) is 6.40. The highest BCUT2D eigenvalue weighted by Crippen LogP contribution is 2.11. The van der Waals surface area contributed by atoms with Crippen LogP contribution < -0.4 is 5.32 Å². The van der Waals surface area contributed by atoms with E-state index < -0.39 is 0 Å².